The van der Waals surface area contributed by atoms with E-state index in [0.29, 0.717) is 5.33 Å². The van der Waals surface area contributed by atoms with Gasteiger partial charge in [-0.2, -0.15) is 0 Å². The molecule has 2 N–H and O–H groups in total. The fraction of sp³-hybridized carbons (Fsp3) is 0.667. The maximum Gasteiger partial charge on any atom is 0.331 e. The third kappa shape index (κ3) is 8.92. The summed E-state index contributed by atoms with van der Waals surface area (Å²) in [6.45, 7) is 10.8. The Morgan fingerprint density at radius 2 is 1.59 bits per heavy atom. The molecular formula is C12H21BrO4. The highest BCUT2D eigenvalue weighted by Crippen LogP contribution is 2.12. The van der Waals surface area contributed by atoms with Gasteiger partial charge >= 0.3 is 11.9 Å². The summed E-state index contributed by atoms with van der Waals surface area (Å²) in [6, 6.07) is 0. The maximum absolute atomic E-state index is 10.3. The van der Waals surface area contributed by atoms with E-state index in [1.807, 2.05) is 13.8 Å². The van der Waals surface area contributed by atoms with Crippen molar-refractivity contribution < 1.29 is 19.8 Å². The average molecular weight is 309 g/mol. The molecule has 100 valence electrons. The second kappa shape index (κ2) is 9.22. The first-order valence-corrected chi connectivity index (χ1v) is 6.48. The summed E-state index contributed by atoms with van der Waals surface area (Å²) in [5.74, 6) is -1.61. The van der Waals surface area contributed by atoms with Gasteiger partial charge in [-0.3, -0.25) is 4.79 Å². The first kappa shape index (κ1) is 18.5. The van der Waals surface area contributed by atoms with Crippen LogP contribution in [-0.4, -0.2) is 27.5 Å². The zero-order valence-electron chi connectivity index (χ0n) is 10.7. The van der Waals surface area contributed by atoms with Crippen molar-refractivity contribution in [1.82, 2.24) is 0 Å². The molecule has 0 fully saturated rings. The van der Waals surface area contributed by atoms with Crippen molar-refractivity contribution in [3.8, 4) is 0 Å². The zero-order chi connectivity index (χ0) is 14.2. The molecular weight excluding hydrogens is 288 g/mol. The van der Waals surface area contributed by atoms with E-state index in [4.69, 9.17) is 10.2 Å². The third-order valence-electron chi connectivity index (χ3n) is 2.26. The monoisotopic (exact) mass is 308 g/mol. The van der Waals surface area contributed by atoms with Crippen LogP contribution in [0.25, 0.3) is 0 Å². The van der Waals surface area contributed by atoms with Crippen LogP contribution in [0.3, 0.4) is 0 Å². The molecule has 0 saturated heterocycles. The summed E-state index contributed by atoms with van der Waals surface area (Å²) in [4.78, 5) is 20.4. The highest BCUT2D eigenvalue weighted by atomic mass is 79.9. The standard InChI is InChI=1S/C6H11BrO2.C6H10O2/c1-4(2)5(3-7)6(8)9;1-4(2)5(3)6(7)8/h4-5H,3H2,1-2H3,(H,8,9);4H,3H2,1-2H3,(H,7,8). The van der Waals surface area contributed by atoms with E-state index in [2.05, 4.69) is 22.5 Å². The van der Waals surface area contributed by atoms with Gasteiger partial charge in [0.05, 0.1) is 5.92 Å². The zero-order valence-corrected chi connectivity index (χ0v) is 12.3. The summed E-state index contributed by atoms with van der Waals surface area (Å²) >= 11 is 3.14. The largest absolute Gasteiger partial charge is 0.481 e. The first-order chi connectivity index (χ1) is 7.64. The SMILES string of the molecule is C=C(C(=O)O)C(C)C.CC(C)C(CBr)C(=O)O. The Hall–Kier alpha value is -0.840. The van der Waals surface area contributed by atoms with Crippen LogP contribution in [0.4, 0.5) is 0 Å². The van der Waals surface area contributed by atoms with Gasteiger partial charge in [-0.15, -0.1) is 0 Å². The Kier molecular flexibility index (Phi) is 10.0. The van der Waals surface area contributed by atoms with Crippen LogP contribution >= 0.6 is 15.9 Å². The van der Waals surface area contributed by atoms with Gasteiger partial charge in [-0.05, 0) is 11.8 Å². The highest BCUT2D eigenvalue weighted by Gasteiger charge is 2.18. The minimum absolute atomic E-state index is 0.0486. The number of carbonyl (C=O) groups is 2. The summed E-state index contributed by atoms with van der Waals surface area (Å²) in [5.41, 5.74) is 0.269. The predicted octanol–water partition coefficient (Wildman–Crippen LogP) is 3.02. The lowest BCUT2D eigenvalue weighted by Crippen LogP contribution is -2.20. The third-order valence-corrected chi connectivity index (χ3v) is 2.96. The van der Waals surface area contributed by atoms with Crippen LogP contribution in [-0.2, 0) is 9.59 Å². The molecule has 0 bridgehead atoms. The van der Waals surface area contributed by atoms with Gasteiger partial charge in [0.25, 0.3) is 0 Å². The molecule has 4 nitrogen and oxygen atoms in total. The molecule has 17 heavy (non-hydrogen) atoms. The minimum atomic E-state index is -0.903. The predicted molar refractivity (Wildman–Crippen MR) is 71.4 cm³/mol. The molecule has 0 aromatic carbocycles. The number of hydrogen-bond donors (Lipinski definition) is 2. The lowest BCUT2D eigenvalue weighted by atomic mass is 9.99. The van der Waals surface area contributed by atoms with Gasteiger partial charge in [0.2, 0.25) is 0 Å². The molecule has 0 aliphatic rings. The molecule has 0 radical (unpaired) electrons. The normalized spacial score (nSPS) is 11.7. The lowest BCUT2D eigenvalue weighted by molar-refractivity contribution is -0.142. The summed E-state index contributed by atoms with van der Waals surface area (Å²) in [6.07, 6.45) is 0. The molecule has 0 aromatic heterocycles. The van der Waals surface area contributed by atoms with E-state index < -0.39 is 11.9 Å². The molecule has 0 spiro atoms. The molecule has 0 rings (SSSR count). The van der Waals surface area contributed by atoms with E-state index >= 15 is 0 Å². The molecule has 0 aromatic rings. The van der Waals surface area contributed by atoms with Crippen molar-refractivity contribution in [2.45, 2.75) is 27.7 Å². The Labute approximate surface area is 111 Å². The van der Waals surface area contributed by atoms with Gasteiger partial charge < -0.3 is 10.2 Å². The van der Waals surface area contributed by atoms with Crippen molar-refractivity contribution in [3.63, 3.8) is 0 Å². The molecule has 0 amide bonds. The summed E-state index contributed by atoms with van der Waals surface area (Å²) < 4.78 is 0. The number of halogens is 1. The second-order valence-corrected chi connectivity index (χ2v) is 4.98. The van der Waals surface area contributed by atoms with Crippen molar-refractivity contribution in [2.75, 3.05) is 5.33 Å². The van der Waals surface area contributed by atoms with E-state index in [-0.39, 0.29) is 23.3 Å². The number of carboxylic acid groups (broad SMARTS) is 2. The maximum atomic E-state index is 10.3. The average Bonchev–Trinajstić information content (AvgIpc) is 2.16. The van der Waals surface area contributed by atoms with Crippen LogP contribution in [0.2, 0.25) is 0 Å². The van der Waals surface area contributed by atoms with Gasteiger partial charge in [0.15, 0.2) is 0 Å². The fourth-order valence-corrected chi connectivity index (χ4v) is 1.80. The molecule has 1 atom stereocenters. The Balaban J connectivity index is 0. The van der Waals surface area contributed by atoms with E-state index in [0.717, 1.165) is 0 Å². The molecule has 0 heterocycles. The van der Waals surface area contributed by atoms with E-state index in [9.17, 15) is 9.59 Å². The second-order valence-electron chi connectivity index (χ2n) is 4.33. The molecule has 0 aliphatic carbocycles. The summed E-state index contributed by atoms with van der Waals surface area (Å²) in [5, 5.41) is 17.3. The molecule has 0 aliphatic heterocycles. The van der Waals surface area contributed by atoms with Crippen LogP contribution < -0.4 is 0 Å². The van der Waals surface area contributed by atoms with Crippen LogP contribution in [0.5, 0.6) is 0 Å². The van der Waals surface area contributed by atoms with Crippen LogP contribution in [0.15, 0.2) is 12.2 Å². The quantitative estimate of drug-likeness (QED) is 0.605. The van der Waals surface area contributed by atoms with Gasteiger partial charge in [0.1, 0.15) is 0 Å². The van der Waals surface area contributed by atoms with Crippen LogP contribution in [0.1, 0.15) is 27.7 Å². The first-order valence-electron chi connectivity index (χ1n) is 5.35. The number of hydrogen-bond acceptors (Lipinski definition) is 2. The Morgan fingerprint density at radius 1 is 1.18 bits per heavy atom. The van der Waals surface area contributed by atoms with Crippen molar-refractivity contribution in [2.24, 2.45) is 17.8 Å². The number of aliphatic carboxylic acids is 2. The van der Waals surface area contributed by atoms with Crippen molar-refractivity contribution in [1.29, 1.82) is 0 Å². The Morgan fingerprint density at radius 3 is 1.59 bits per heavy atom. The van der Waals surface area contributed by atoms with E-state index in [1.165, 1.54) is 0 Å². The van der Waals surface area contributed by atoms with Crippen molar-refractivity contribution in [3.05, 3.63) is 12.2 Å². The van der Waals surface area contributed by atoms with Crippen LogP contribution in [0, 0.1) is 17.8 Å². The number of alkyl halides is 1. The molecule has 1 unspecified atom stereocenters. The van der Waals surface area contributed by atoms with Gasteiger partial charge in [-0.25, -0.2) is 4.79 Å². The van der Waals surface area contributed by atoms with Gasteiger partial charge in [0, 0.05) is 10.9 Å². The molecule has 0 saturated carbocycles. The minimum Gasteiger partial charge on any atom is -0.481 e. The fourth-order valence-electron chi connectivity index (χ4n) is 0.776. The van der Waals surface area contributed by atoms with Crippen molar-refractivity contribution >= 4 is 27.9 Å². The molecule has 5 heteroatoms. The topological polar surface area (TPSA) is 74.6 Å². The summed E-state index contributed by atoms with van der Waals surface area (Å²) in [7, 11) is 0. The van der Waals surface area contributed by atoms with E-state index in [1.54, 1.807) is 13.8 Å². The van der Waals surface area contributed by atoms with Gasteiger partial charge in [-0.1, -0.05) is 50.2 Å². The smallest absolute Gasteiger partial charge is 0.331 e. The highest BCUT2D eigenvalue weighted by molar-refractivity contribution is 9.09. The lowest BCUT2D eigenvalue weighted by Gasteiger charge is -2.11. The number of rotatable bonds is 5. The Bertz CT molecular complexity index is 272. The number of carboxylic acids is 2.